The van der Waals surface area contributed by atoms with Crippen molar-refractivity contribution >= 4 is 28.9 Å². The Morgan fingerprint density at radius 3 is 2.65 bits per heavy atom. The van der Waals surface area contributed by atoms with Crippen molar-refractivity contribution < 1.29 is 14.4 Å². The summed E-state index contributed by atoms with van der Waals surface area (Å²) in [4.78, 5) is 37.9. The maximum absolute atomic E-state index is 12.2. The van der Waals surface area contributed by atoms with Gasteiger partial charge in [0.15, 0.2) is 5.78 Å². The molecule has 1 fully saturated rings. The van der Waals surface area contributed by atoms with Crippen LogP contribution in [0, 0.1) is 0 Å². The van der Waals surface area contributed by atoms with Crippen molar-refractivity contribution in [2.45, 2.75) is 39.3 Å². The number of rotatable bonds is 7. The van der Waals surface area contributed by atoms with Gasteiger partial charge in [-0.2, -0.15) is 0 Å². The molecule has 0 unspecified atom stereocenters. The van der Waals surface area contributed by atoms with E-state index in [1.807, 2.05) is 34.5 Å². The molecule has 136 valence electrons. The highest BCUT2D eigenvalue weighted by atomic mass is 32.1. The van der Waals surface area contributed by atoms with Crippen LogP contribution in [0.25, 0.3) is 0 Å². The predicted octanol–water partition coefficient (Wildman–Crippen LogP) is 2.93. The summed E-state index contributed by atoms with van der Waals surface area (Å²) in [5.74, 6) is 0.138. The summed E-state index contributed by atoms with van der Waals surface area (Å²) in [6, 6.07) is 9.66. The minimum atomic E-state index is -0.0787. The first kappa shape index (κ1) is 18.3. The van der Waals surface area contributed by atoms with Crippen LogP contribution >= 0.6 is 11.3 Å². The molecule has 2 aromatic rings. The van der Waals surface area contributed by atoms with Crippen LogP contribution in [0.1, 0.15) is 46.1 Å². The number of likely N-dealkylation sites (tertiary alicyclic amines) is 1. The van der Waals surface area contributed by atoms with E-state index in [0.29, 0.717) is 24.4 Å². The maximum atomic E-state index is 12.2. The minimum absolute atomic E-state index is 0.0204. The molecular formula is C20H22N2O3S. The van der Waals surface area contributed by atoms with Crippen molar-refractivity contribution in [3.05, 3.63) is 57.3 Å². The number of carbonyl (C=O) groups is 3. The van der Waals surface area contributed by atoms with E-state index in [1.54, 1.807) is 6.07 Å². The molecule has 0 spiro atoms. The first-order valence-electron chi connectivity index (χ1n) is 8.72. The minimum Gasteiger partial charge on any atom is -0.352 e. The van der Waals surface area contributed by atoms with E-state index < -0.39 is 0 Å². The quantitative estimate of drug-likeness (QED) is 0.762. The fourth-order valence-electron chi connectivity index (χ4n) is 3.06. The van der Waals surface area contributed by atoms with E-state index in [2.05, 4.69) is 5.32 Å². The molecule has 1 aromatic heterocycles. The van der Waals surface area contributed by atoms with Gasteiger partial charge in [-0.25, -0.2) is 0 Å². The molecule has 1 aliphatic heterocycles. The zero-order valence-electron chi connectivity index (χ0n) is 14.8. The summed E-state index contributed by atoms with van der Waals surface area (Å²) in [7, 11) is 0. The summed E-state index contributed by atoms with van der Waals surface area (Å²) < 4.78 is 0. The summed E-state index contributed by atoms with van der Waals surface area (Å²) in [6.45, 7) is 3.35. The third-order valence-corrected chi connectivity index (χ3v) is 5.57. The standard InChI is InChI=1S/C20H22N2O3S/c1-14(23)18-9-15(13-26-18)10-19(24)21-11-16-5-2-3-6-17(16)12-22-8-4-7-20(22)25/h2-3,5-6,9,13H,4,7-8,10-12H2,1H3,(H,21,24). The van der Waals surface area contributed by atoms with Crippen LogP contribution in [-0.2, 0) is 29.1 Å². The lowest BCUT2D eigenvalue weighted by molar-refractivity contribution is -0.128. The van der Waals surface area contributed by atoms with Crippen LogP contribution in [0.2, 0.25) is 0 Å². The van der Waals surface area contributed by atoms with Crippen LogP contribution in [0.4, 0.5) is 0 Å². The largest absolute Gasteiger partial charge is 0.352 e. The molecule has 0 atom stereocenters. The van der Waals surface area contributed by atoms with Gasteiger partial charge in [-0.15, -0.1) is 11.3 Å². The Morgan fingerprint density at radius 1 is 1.23 bits per heavy atom. The van der Waals surface area contributed by atoms with Crippen LogP contribution in [0.5, 0.6) is 0 Å². The van der Waals surface area contributed by atoms with Crippen molar-refractivity contribution in [3.63, 3.8) is 0 Å². The van der Waals surface area contributed by atoms with Crippen LogP contribution in [-0.4, -0.2) is 29.0 Å². The average Bonchev–Trinajstić information content (AvgIpc) is 3.24. The number of thiophene rings is 1. The second-order valence-corrected chi connectivity index (χ2v) is 7.43. The summed E-state index contributed by atoms with van der Waals surface area (Å²) in [5.41, 5.74) is 2.95. The fourth-order valence-corrected chi connectivity index (χ4v) is 3.87. The van der Waals surface area contributed by atoms with Crippen LogP contribution in [0.3, 0.4) is 0 Å². The summed E-state index contributed by atoms with van der Waals surface area (Å²) >= 11 is 1.37. The number of ketones is 1. The van der Waals surface area contributed by atoms with Crippen LogP contribution < -0.4 is 5.32 Å². The average molecular weight is 370 g/mol. The molecule has 26 heavy (non-hydrogen) atoms. The van der Waals surface area contributed by atoms with Gasteiger partial charge in [0.05, 0.1) is 11.3 Å². The third-order valence-electron chi connectivity index (χ3n) is 4.49. The molecule has 5 nitrogen and oxygen atoms in total. The Bertz CT molecular complexity index is 828. The molecule has 2 heterocycles. The van der Waals surface area contributed by atoms with E-state index in [-0.39, 0.29) is 24.0 Å². The summed E-state index contributed by atoms with van der Waals surface area (Å²) in [6.07, 6.45) is 1.80. The van der Waals surface area contributed by atoms with Gasteiger partial charge >= 0.3 is 0 Å². The van der Waals surface area contributed by atoms with Crippen molar-refractivity contribution in [1.82, 2.24) is 10.2 Å². The first-order valence-corrected chi connectivity index (χ1v) is 9.60. The molecular weight excluding hydrogens is 348 g/mol. The molecule has 0 aliphatic carbocycles. The van der Waals surface area contributed by atoms with Crippen LogP contribution in [0.15, 0.2) is 35.7 Å². The van der Waals surface area contributed by atoms with Gasteiger partial charge in [-0.05, 0) is 41.5 Å². The van der Waals surface area contributed by atoms with E-state index in [0.717, 1.165) is 29.7 Å². The first-order chi connectivity index (χ1) is 12.5. The normalized spacial score (nSPS) is 13.9. The monoisotopic (exact) mass is 370 g/mol. The number of carbonyl (C=O) groups excluding carboxylic acids is 3. The molecule has 0 radical (unpaired) electrons. The van der Waals surface area contributed by atoms with Gasteiger partial charge in [0, 0.05) is 26.1 Å². The fraction of sp³-hybridized carbons (Fsp3) is 0.350. The van der Waals surface area contributed by atoms with Gasteiger partial charge in [0.25, 0.3) is 0 Å². The van der Waals surface area contributed by atoms with E-state index in [4.69, 9.17) is 0 Å². The number of hydrogen-bond donors (Lipinski definition) is 1. The second kappa shape index (κ2) is 8.27. The second-order valence-electron chi connectivity index (χ2n) is 6.52. The number of Topliss-reactive ketones (excluding diaryl/α,β-unsaturated/α-hetero) is 1. The highest BCUT2D eigenvalue weighted by Gasteiger charge is 2.21. The predicted molar refractivity (Wildman–Crippen MR) is 101 cm³/mol. The smallest absolute Gasteiger partial charge is 0.224 e. The molecule has 0 bridgehead atoms. The highest BCUT2D eigenvalue weighted by Crippen LogP contribution is 2.18. The van der Waals surface area contributed by atoms with Crippen molar-refractivity contribution in [2.75, 3.05) is 6.54 Å². The lowest BCUT2D eigenvalue weighted by Crippen LogP contribution is -2.27. The highest BCUT2D eigenvalue weighted by molar-refractivity contribution is 7.12. The zero-order chi connectivity index (χ0) is 18.5. The molecule has 1 aliphatic rings. The number of amides is 2. The van der Waals surface area contributed by atoms with Crippen molar-refractivity contribution in [1.29, 1.82) is 0 Å². The molecule has 1 N–H and O–H groups in total. The Morgan fingerprint density at radius 2 is 2.00 bits per heavy atom. The number of benzene rings is 1. The molecule has 2 amide bonds. The van der Waals surface area contributed by atoms with Gasteiger partial charge in [-0.1, -0.05) is 24.3 Å². The van der Waals surface area contributed by atoms with Gasteiger partial charge in [0.1, 0.15) is 0 Å². The molecule has 1 aromatic carbocycles. The number of hydrogen-bond acceptors (Lipinski definition) is 4. The van der Waals surface area contributed by atoms with Crippen molar-refractivity contribution in [2.24, 2.45) is 0 Å². The van der Waals surface area contributed by atoms with E-state index in [9.17, 15) is 14.4 Å². The lowest BCUT2D eigenvalue weighted by Gasteiger charge is -2.18. The Hall–Kier alpha value is -2.47. The molecule has 6 heteroatoms. The molecule has 0 saturated carbocycles. The summed E-state index contributed by atoms with van der Waals surface area (Å²) in [5, 5.41) is 4.79. The molecule has 1 saturated heterocycles. The van der Waals surface area contributed by atoms with Gasteiger partial charge < -0.3 is 10.2 Å². The topological polar surface area (TPSA) is 66.5 Å². The SMILES string of the molecule is CC(=O)c1cc(CC(=O)NCc2ccccc2CN2CCCC2=O)cs1. The Labute approximate surface area is 157 Å². The number of nitrogens with one attached hydrogen (secondary N) is 1. The van der Waals surface area contributed by atoms with Gasteiger partial charge in [-0.3, -0.25) is 14.4 Å². The molecule has 3 rings (SSSR count). The zero-order valence-corrected chi connectivity index (χ0v) is 15.6. The van der Waals surface area contributed by atoms with E-state index in [1.165, 1.54) is 18.3 Å². The Kier molecular flexibility index (Phi) is 5.83. The van der Waals surface area contributed by atoms with E-state index >= 15 is 0 Å². The Balaban J connectivity index is 1.57. The third kappa shape index (κ3) is 4.58. The number of nitrogens with zero attached hydrogens (tertiary/aromatic N) is 1. The van der Waals surface area contributed by atoms with Crippen molar-refractivity contribution in [3.8, 4) is 0 Å². The lowest BCUT2D eigenvalue weighted by atomic mass is 10.1. The van der Waals surface area contributed by atoms with Gasteiger partial charge in [0.2, 0.25) is 11.8 Å². The maximum Gasteiger partial charge on any atom is 0.224 e.